The monoisotopic (exact) mass is 525 g/mol. The Morgan fingerprint density at radius 2 is 1.84 bits per heavy atom. The van der Waals surface area contributed by atoms with E-state index in [2.05, 4.69) is 17.9 Å². The predicted octanol–water partition coefficient (Wildman–Crippen LogP) is 2.33. The average molecular weight is 526 g/mol. The fourth-order valence-corrected chi connectivity index (χ4v) is 6.58. The molecule has 2 aliphatic heterocycles. The smallest absolute Gasteiger partial charge is 0.335 e. The van der Waals surface area contributed by atoms with Gasteiger partial charge in [-0.15, -0.1) is 0 Å². The molecule has 0 radical (unpaired) electrons. The summed E-state index contributed by atoms with van der Waals surface area (Å²) >= 11 is 0. The number of hydrogen-bond acceptors (Lipinski definition) is 7. The molecule has 2 saturated heterocycles. The zero-order valence-corrected chi connectivity index (χ0v) is 21.9. The van der Waals surface area contributed by atoms with E-state index in [4.69, 9.17) is 9.47 Å². The summed E-state index contributed by atoms with van der Waals surface area (Å²) in [6, 6.07) is 14.5. The second-order valence-corrected chi connectivity index (χ2v) is 11.0. The first-order valence-corrected chi connectivity index (χ1v) is 13.8. The molecule has 1 aliphatic carbocycles. The fourth-order valence-electron chi connectivity index (χ4n) is 6.58. The number of hydrogen-bond donors (Lipinski definition) is 4. The van der Waals surface area contributed by atoms with Gasteiger partial charge in [0.2, 0.25) is 0 Å². The third-order valence-corrected chi connectivity index (χ3v) is 8.52. The fraction of sp³-hybridized carbons (Fsp3) is 0.567. The van der Waals surface area contributed by atoms with Crippen molar-refractivity contribution in [2.75, 3.05) is 13.1 Å². The largest absolute Gasteiger partial charge is 0.489 e. The number of fused-ring (bicyclic) bond motifs is 2. The lowest BCUT2D eigenvalue weighted by Gasteiger charge is -2.45. The Hall–Kier alpha value is -2.49. The predicted molar refractivity (Wildman–Crippen MR) is 141 cm³/mol. The van der Waals surface area contributed by atoms with Crippen molar-refractivity contribution >= 4 is 5.97 Å². The molecule has 0 amide bonds. The van der Waals surface area contributed by atoms with Crippen LogP contribution in [0.25, 0.3) is 0 Å². The normalized spacial score (nSPS) is 31.3. The molecule has 2 heterocycles. The van der Waals surface area contributed by atoms with E-state index in [1.165, 1.54) is 17.5 Å². The summed E-state index contributed by atoms with van der Waals surface area (Å²) in [5.74, 6) is -0.178. The summed E-state index contributed by atoms with van der Waals surface area (Å²) in [6.45, 7) is 4.82. The summed E-state index contributed by atoms with van der Waals surface area (Å²) in [5.41, 5.74) is 4.34. The molecule has 0 saturated carbocycles. The van der Waals surface area contributed by atoms with E-state index in [1.54, 1.807) is 0 Å². The number of likely N-dealkylation sites (tertiary alicyclic amines) is 1. The van der Waals surface area contributed by atoms with Crippen LogP contribution in [-0.2, 0) is 35.4 Å². The maximum atomic E-state index is 11.7. The lowest BCUT2D eigenvalue weighted by Crippen LogP contribution is -2.60. The molecule has 38 heavy (non-hydrogen) atoms. The van der Waals surface area contributed by atoms with Crippen LogP contribution < -0.4 is 4.74 Å². The van der Waals surface area contributed by atoms with Gasteiger partial charge in [-0.2, -0.15) is 0 Å². The minimum absolute atomic E-state index is 0.179. The van der Waals surface area contributed by atoms with Crippen LogP contribution in [0.5, 0.6) is 5.75 Å². The van der Waals surface area contributed by atoms with Crippen LogP contribution in [0.1, 0.15) is 48.4 Å². The zero-order chi connectivity index (χ0) is 26.8. The quantitative estimate of drug-likeness (QED) is 0.415. The second-order valence-electron chi connectivity index (χ2n) is 11.0. The Bertz CT molecular complexity index is 1110. The molecule has 2 aromatic carbocycles. The van der Waals surface area contributed by atoms with Crippen LogP contribution in [-0.4, -0.2) is 80.9 Å². The lowest BCUT2D eigenvalue weighted by molar-refractivity contribution is -0.227. The topological polar surface area (TPSA) is 120 Å². The Kier molecular flexibility index (Phi) is 8.35. The molecule has 0 unspecified atom stereocenters. The molecule has 8 nitrogen and oxygen atoms in total. The van der Waals surface area contributed by atoms with Gasteiger partial charge >= 0.3 is 5.97 Å². The molecule has 4 N–H and O–H groups in total. The first kappa shape index (κ1) is 27.1. The molecule has 2 aromatic rings. The summed E-state index contributed by atoms with van der Waals surface area (Å²) in [5, 5.41) is 40.9. The van der Waals surface area contributed by atoms with Crippen molar-refractivity contribution in [3.63, 3.8) is 0 Å². The molecule has 2 fully saturated rings. The highest BCUT2D eigenvalue weighted by Crippen LogP contribution is 2.40. The van der Waals surface area contributed by atoms with Gasteiger partial charge in [-0.05, 0) is 73.9 Å². The Labute approximate surface area is 223 Å². The minimum atomic E-state index is -1.70. The maximum Gasteiger partial charge on any atom is 0.335 e. The highest BCUT2D eigenvalue weighted by Gasteiger charge is 2.47. The molecular weight excluding hydrogens is 486 g/mol. The van der Waals surface area contributed by atoms with Gasteiger partial charge in [0.25, 0.3) is 0 Å². The first-order chi connectivity index (χ1) is 18.4. The standard InChI is InChI=1S/C30H39NO7/c1-2-12-31-13-6-9-20-14-21-19(15-23(20)31)10-11-24(37-17-18-7-4-3-5-8-18)22(21)16-25-26(32)27(33)28(34)29(38-25)30(35)36/h3-5,7-8,10-11,20,23,25-29,32-34H,2,6,9,12-17H2,1H3,(H,35,36)/t20-,23-,25+,26+,27-,28+,29+/m1/s1. The van der Waals surface area contributed by atoms with Gasteiger partial charge in [-0.25, -0.2) is 4.79 Å². The molecule has 0 bridgehead atoms. The summed E-state index contributed by atoms with van der Waals surface area (Å²) in [4.78, 5) is 14.3. The van der Waals surface area contributed by atoms with Crippen molar-refractivity contribution in [2.45, 2.75) is 88.6 Å². The number of nitrogens with zero attached hydrogens (tertiary/aromatic N) is 1. The number of carboxylic acids is 1. The van der Waals surface area contributed by atoms with Gasteiger partial charge in [-0.3, -0.25) is 4.90 Å². The van der Waals surface area contributed by atoms with Gasteiger partial charge in [0.05, 0.1) is 6.10 Å². The van der Waals surface area contributed by atoms with Crippen molar-refractivity contribution < 1.29 is 34.7 Å². The maximum absolute atomic E-state index is 11.7. The lowest BCUT2D eigenvalue weighted by atomic mass is 9.73. The van der Waals surface area contributed by atoms with E-state index in [0.717, 1.165) is 49.9 Å². The highest BCUT2D eigenvalue weighted by molar-refractivity contribution is 5.73. The summed E-state index contributed by atoms with van der Waals surface area (Å²) in [7, 11) is 0. The highest BCUT2D eigenvalue weighted by atomic mass is 16.6. The molecule has 8 heteroatoms. The minimum Gasteiger partial charge on any atom is -0.489 e. The molecule has 3 aliphatic rings. The number of rotatable bonds is 8. The van der Waals surface area contributed by atoms with E-state index in [0.29, 0.717) is 24.3 Å². The van der Waals surface area contributed by atoms with E-state index >= 15 is 0 Å². The number of benzene rings is 2. The third kappa shape index (κ3) is 5.46. The van der Waals surface area contributed by atoms with Crippen molar-refractivity contribution in [3.05, 3.63) is 64.7 Å². The van der Waals surface area contributed by atoms with Crippen molar-refractivity contribution in [1.82, 2.24) is 4.90 Å². The van der Waals surface area contributed by atoms with E-state index in [1.807, 2.05) is 36.4 Å². The molecule has 0 spiro atoms. The number of carboxylic acid groups (broad SMARTS) is 1. The third-order valence-electron chi connectivity index (χ3n) is 8.52. The van der Waals surface area contributed by atoms with Gasteiger partial charge in [0, 0.05) is 18.0 Å². The summed E-state index contributed by atoms with van der Waals surface area (Å²) in [6.07, 6.45) is -1.90. The SMILES string of the molecule is CCCN1CCC[C@@H]2Cc3c(ccc(OCc4ccccc4)c3C[C@@H]3O[C@H](C(=O)O)[C@@H](O)[C@H](O)[C@H]3O)C[C@H]21. The first-order valence-electron chi connectivity index (χ1n) is 13.8. The molecule has 5 rings (SSSR count). The van der Waals surface area contributed by atoms with E-state index < -0.39 is 36.5 Å². The number of ether oxygens (including phenoxy) is 2. The summed E-state index contributed by atoms with van der Waals surface area (Å²) < 4.78 is 12.0. The zero-order valence-electron chi connectivity index (χ0n) is 21.9. The number of carbonyl (C=O) groups is 1. The van der Waals surface area contributed by atoms with Crippen molar-refractivity contribution in [3.8, 4) is 5.75 Å². The van der Waals surface area contributed by atoms with Crippen LogP contribution in [0.4, 0.5) is 0 Å². The van der Waals surface area contributed by atoms with Crippen LogP contribution >= 0.6 is 0 Å². The van der Waals surface area contributed by atoms with E-state index in [-0.39, 0.29) is 6.42 Å². The molecule has 7 atom stereocenters. The van der Waals surface area contributed by atoms with E-state index in [9.17, 15) is 25.2 Å². The Morgan fingerprint density at radius 1 is 1.05 bits per heavy atom. The Balaban J connectivity index is 1.48. The second kappa shape index (κ2) is 11.7. The van der Waals surface area contributed by atoms with Gasteiger partial charge < -0.3 is 29.9 Å². The molecule has 206 valence electrons. The average Bonchev–Trinajstić information content (AvgIpc) is 2.92. The number of aliphatic hydroxyl groups excluding tert-OH is 3. The molecular formula is C30H39NO7. The van der Waals surface area contributed by atoms with Crippen LogP contribution in [0.2, 0.25) is 0 Å². The Morgan fingerprint density at radius 3 is 2.58 bits per heavy atom. The van der Waals surface area contributed by atoms with Crippen LogP contribution in [0.15, 0.2) is 42.5 Å². The van der Waals surface area contributed by atoms with Crippen molar-refractivity contribution in [1.29, 1.82) is 0 Å². The van der Waals surface area contributed by atoms with Gasteiger partial charge in [-0.1, -0.05) is 43.3 Å². The van der Waals surface area contributed by atoms with Gasteiger partial charge in [0.15, 0.2) is 6.10 Å². The number of aliphatic carboxylic acids is 1. The molecule has 0 aromatic heterocycles. The van der Waals surface area contributed by atoms with Gasteiger partial charge in [0.1, 0.15) is 30.7 Å². The number of piperidine rings is 1. The van der Waals surface area contributed by atoms with Crippen LogP contribution in [0.3, 0.4) is 0 Å². The van der Waals surface area contributed by atoms with Crippen LogP contribution in [0, 0.1) is 5.92 Å². The number of aliphatic hydroxyl groups is 3. The van der Waals surface area contributed by atoms with Crippen molar-refractivity contribution in [2.24, 2.45) is 5.92 Å².